The molecule has 1 aromatic heterocycles. The zero-order chi connectivity index (χ0) is 20.7. The molecule has 1 atom stereocenters. The molecule has 0 saturated carbocycles. The van der Waals surface area contributed by atoms with Crippen LogP contribution in [0, 0.1) is 11.8 Å². The van der Waals surface area contributed by atoms with E-state index in [2.05, 4.69) is 110 Å². The summed E-state index contributed by atoms with van der Waals surface area (Å²) in [5, 5.41) is 2.72. The third-order valence-electron chi connectivity index (χ3n) is 6.30. The third-order valence-corrected chi connectivity index (χ3v) is 6.30. The molecule has 1 unspecified atom stereocenters. The van der Waals surface area contributed by atoms with E-state index in [0.717, 1.165) is 12.8 Å². The van der Waals surface area contributed by atoms with Crippen LogP contribution in [0.25, 0.3) is 33.1 Å². The molecule has 1 nitrogen and oxygen atoms in total. The van der Waals surface area contributed by atoms with Gasteiger partial charge in [-0.25, -0.2) is 0 Å². The van der Waals surface area contributed by atoms with E-state index >= 15 is 0 Å². The molecule has 0 aliphatic heterocycles. The van der Waals surface area contributed by atoms with Crippen LogP contribution in [-0.4, -0.2) is 4.57 Å². The fourth-order valence-electron chi connectivity index (χ4n) is 4.98. The molecule has 1 heteroatoms. The minimum absolute atomic E-state index is 0.455. The first-order chi connectivity index (χ1) is 14.6. The number of nitrogens with zero attached hydrogens (tertiary/aromatic N) is 1. The first-order valence-corrected chi connectivity index (χ1v) is 11.1. The van der Waals surface area contributed by atoms with Crippen LogP contribution >= 0.6 is 0 Å². The van der Waals surface area contributed by atoms with Crippen molar-refractivity contribution in [2.75, 3.05) is 0 Å². The topological polar surface area (TPSA) is 4.93 Å². The van der Waals surface area contributed by atoms with Gasteiger partial charge in [-0.15, -0.1) is 0 Å². The summed E-state index contributed by atoms with van der Waals surface area (Å²) in [7, 11) is 0. The van der Waals surface area contributed by atoms with Gasteiger partial charge >= 0.3 is 0 Å². The largest absolute Gasteiger partial charge is 0.312 e. The zero-order valence-electron chi connectivity index (χ0n) is 18.1. The van der Waals surface area contributed by atoms with Gasteiger partial charge in [0.15, 0.2) is 0 Å². The molecule has 30 heavy (non-hydrogen) atoms. The van der Waals surface area contributed by atoms with Crippen LogP contribution in [0.2, 0.25) is 0 Å². The molecule has 1 aliphatic rings. The normalized spacial score (nSPS) is 16.9. The summed E-state index contributed by atoms with van der Waals surface area (Å²) < 4.78 is 2.55. The highest BCUT2D eigenvalue weighted by molar-refractivity contribution is 6.11. The lowest BCUT2D eigenvalue weighted by Crippen LogP contribution is -2.11. The number of aromatic nitrogens is 1. The molecule has 0 amide bonds. The van der Waals surface area contributed by atoms with Crippen LogP contribution in [0.15, 0.2) is 84.9 Å². The summed E-state index contributed by atoms with van der Waals surface area (Å²) in [6.07, 6.45) is 6.85. The Balaban J connectivity index is 1.75. The number of rotatable bonds is 4. The van der Waals surface area contributed by atoms with Crippen molar-refractivity contribution in [1.29, 1.82) is 0 Å². The highest BCUT2D eigenvalue weighted by Crippen LogP contribution is 2.40. The summed E-state index contributed by atoms with van der Waals surface area (Å²) in [5.41, 5.74) is 8.32. The monoisotopic (exact) mass is 391 g/mol. The highest BCUT2D eigenvalue weighted by Gasteiger charge is 2.22. The maximum absolute atomic E-state index is 2.55. The van der Waals surface area contributed by atoms with Crippen LogP contribution in [0.4, 0.5) is 0 Å². The molecule has 4 aromatic rings. The van der Waals surface area contributed by atoms with Crippen molar-refractivity contribution in [2.24, 2.45) is 11.8 Å². The van der Waals surface area contributed by atoms with E-state index in [-0.39, 0.29) is 0 Å². The Bertz CT molecular complexity index is 1270. The average molecular weight is 392 g/mol. The van der Waals surface area contributed by atoms with Gasteiger partial charge in [0.2, 0.25) is 0 Å². The molecule has 0 N–H and O–H groups in total. The number of para-hydroxylation sites is 2. The molecule has 150 valence electrons. The summed E-state index contributed by atoms with van der Waals surface area (Å²) >= 11 is 0. The second kappa shape index (κ2) is 7.65. The van der Waals surface area contributed by atoms with E-state index in [4.69, 9.17) is 0 Å². The molecular formula is C29H29N. The van der Waals surface area contributed by atoms with E-state index < -0.39 is 0 Å². The van der Waals surface area contributed by atoms with Crippen LogP contribution in [0.1, 0.15) is 38.3 Å². The Hall–Kier alpha value is -3.06. The Labute approximate surface area is 179 Å². The van der Waals surface area contributed by atoms with Crippen molar-refractivity contribution in [1.82, 2.24) is 4.57 Å². The van der Waals surface area contributed by atoms with E-state index in [1.165, 1.54) is 44.2 Å². The lowest BCUT2D eigenvalue weighted by atomic mass is 9.88. The van der Waals surface area contributed by atoms with Crippen molar-refractivity contribution in [3.8, 4) is 0 Å². The van der Waals surface area contributed by atoms with E-state index in [1.54, 1.807) is 0 Å². The van der Waals surface area contributed by atoms with Gasteiger partial charge < -0.3 is 4.57 Å². The molecule has 0 spiro atoms. The SMILES string of the molecule is CC(C)Cc1cccc2c3ccccc3n(C3=CC=C(c4ccccc4)CC3C)c12. The average Bonchev–Trinajstić information content (AvgIpc) is 3.09. The van der Waals surface area contributed by atoms with Crippen molar-refractivity contribution in [2.45, 2.75) is 33.6 Å². The lowest BCUT2D eigenvalue weighted by Gasteiger charge is -2.25. The zero-order valence-corrected chi connectivity index (χ0v) is 18.1. The Morgan fingerprint density at radius 2 is 1.57 bits per heavy atom. The molecule has 3 aromatic carbocycles. The van der Waals surface area contributed by atoms with Crippen LogP contribution < -0.4 is 0 Å². The fourth-order valence-corrected chi connectivity index (χ4v) is 4.98. The van der Waals surface area contributed by atoms with Gasteiger partial charge in [0.05, 0.1) is 11.0 Å². The van der Waals surface area contributed by atoms with Gasteiger partial charge in [-0.3, -0.25) is 0 Å². The number of hydrogen-bond donors (Lipinski definition) is 0. The van der Waals surface area contributed by atoms with Gasteiger partial charge in [0, 0.05) is 22.4 Å². The summed E-state index contributed by atoms with van der Waals surface area (Å²) in [6, 6.07) is 26.5. The van der Waals surface area contributed by atoms with E-state index in [0.29, 0.717) is 11.8 Å². The Kier molecular flexibility index (Phi) is 4.83. The summed E-state index contributed by atoms with van der Waals surface area (Å²) in [6.45, 7) is 6.99. The summed E-state index contributed by atoms with van der Waals surface area (Å²) in [4.78, 5) is 0. The molecule has 0 bridgehead atoms. The molecule has 1 heterocycles. The number of benzene rings is 3. The van der Waals surface area contributed by atoms with Crippen molar-refractivity contribution >= 4 is 33.1 Å². The van der Waals surface area contributed by atoms with Gasteiger partial charge in [0.1, 0.15) is 0 Å². The number of allylic oxidation sites excluding steroid dienone is 4. The Morgan fingerprint density at radius 3 is 2.33 bits per heavy atom. The maximum atomic E-state index is 2.55. The van der Waals surface area contributed by atoms with Gasteiger partial charge in [-0.05, 0) is 47.6 Å². The van der Waals surface area contributed by atoms with Gasteiger partial charge in [0.25, 0.3) is 0 Å². The second-order valence-electron chi connectivity index (χ2n) is 9.02. The van der Waals surface area contributed by atoms with E-state index in [9.17, 15) is 0 Å². The molecule has 0 fully saturated rings. The second-order valence-corrected chi connectivity index (χ2v) is 9.02. The predicted octanol–water partition coefficient (Wildman–Crippen LogP) is 7.96. The van der Waals surface area contributed by atoms with Crippen LogP contribution in [-0.2, 0) is 6.42 Å². The smallest absolute Gasteiger partial charge is 0.0570 e. The minimum atomic E-state index is 0.455. The molecular weight excluding hydrogens is 362 g/mol. The number of hydrogen-bond acceptors (Lipinski definition) is 0. The lowest BCUT2D eigenvalue weighted by molar-refractivity contribution is 0.648. The fraction of sp³-hybridized carbons (Fsp3) is 0.241. The van der Waals surface area contributed by atoms with Crippen LogP contribution in [0.5, 0.6) is 0 Å². The molecule has 0 radical (unpaired) electrons. The van der Waals surface area contributed by atoms with Crippen molar-refractivity contribution in [3.63, 3.8) is 0 Å². The summed E-state index contributed by atoms with van der Waals surface area (Å²) in [5.74, 6) is 1.08. The standard InChI is InChI=1S/C29H29N/c1-20(2)18-24-12-9-14-26-25-13-7-8-15-28(25)30(29(24)26)27-17-16-23(19-21(27)3)22-10-5-4-6-11-22/h4-17,20-21H,18-19H2,1-3H3. The Morgan fingerprint density at radius 1 is 0.833 bits per heavy atom. The quantitative estimate of drug-likeness (QED) is 0.332. The van der Waals surface area contributed by atoms with Crippen molar-refractivity contribution in [3.05, 3.63) is 96.1 Å². The maximum Gasteiger partial charge on any atom is 0.0570 e. The van der Waals surface area contributed by atoms with Crippen molar-refractivity contribution < 1.29 is 0 Å². The minimum Gasteiger partial charge on any atom is -0.312 e. The third kappa shape index (κ3) is 3.19. The molecule has 1 aliphatic carbocycles. The van der Waals surface area contributed by atoms with Gasteiger partial charge in [-0.2, -0.15) is 0 Å². The van der Waals surface area contributed by atoms with Crippen LogP contribution in [0.3, 0.4) is 0 Å². The first-order valence-electron chi connectivity index (χ1n) is 11.1. The van der Waals surface area contributed by atoms with E-state index in [1.807, 2.05) is 0 Å². The number of fused-ring (bicyclic) bond motifs is 3. The molecule has 0 saturated heterocycles. The van der Waals surface area contributed by atoms with Gasteiger partial charge in [-0.1, -0.05) is 93.6 Å². The highest BCUT2D eigenvalue weighted by atomic mass is 15.0. The molecule has 5 rings (SSSR count). The predicted molar refractivity (Wildman–Crippen MR) is 130 cm³/mol. The first kappa shape index (κ1) is 18.9.